The zero-order valence-electron chi connectivity index (χ0n) is 22.5. The van der Waals surface area contributed by atoms with Gasteiger partial charge in [0.15, 0.2) is 0 Å². The van der Waals surface area contributed by atoms with Crippen molar-refractivity contribution in [3.05, 3.63) is 127 Å². The Morgan fingerprint density at radius 3 is 1.64 bits per heavy atom. The molecule has 0 saturated heterocycles. The van der Waals surface area contributed by atoms with Gasteiger partial charge < -0.3 is 19.1 Å². The van der Waals surface area contributed by atoms with Crippen molar-refractivity contribution >= 4 is 63.3 Å². The lowest BCUT2D eigenvalue weighted by Crippen LogP contribution is -2.62. The van der Waals surface area contributed by atoms with Crippen LogP contribution < -0.4 is 51.9 Å². The van der Waals surface area contributed by atoms with Gasteiger partial charge in [0.1, 0.15) is 34.5 Å². The molecule has 6 heteroatoms. The number of anilines is 3. The van der Waals surface area contributed by atoms with Crippen LogP contribution in [0.3, 0.4) is 0 Å². The second kappa shape index (κ2) is 8.11. The Bertz CT molecular complexity index is 2110. The normalized spacial score (nSPS) is 14.1. The molecule has 6 aromatic carbocycles. The predicted octanol–water partition coefficient (Wildman–Crippen LogP) is 4.82. The summed E-state index contributed by atoms with van der Waals surface area (Å²) in [5, 5.41) is 0. The molecule has 0 fully saturated rings. The first kappa shape index (κ1) is 22.4. The summed E-state index contributed by atoms with van der Waals surface area (Å²) in [4.78, 5) is 2.36. The molecule has 0 N–H and O–H groups in total. The highest BCUT2D eigenvalue weighted by atomic mass is 16.5. The van der Waals surface area contributed by atoms with Gasteiger partial charge in [-0.25, -0.2) is 0 Å². The Labute approximate surface area is 243 Å². The molecule has 4 aliphatic heterocycles. The summed E-state index contributed by atoms with van der Waals surface area (Å²) in [5.74, 6) is 5.29. The van der Waals surface area contributed by atoms with E-state index >= 15 is 0 Å². The molecule has 0 unspecified atom stereocenters. The van der Waals surface area contributed by atoms with Crippen LogP contribution in [0.15, 0.2) is 127 Å². The van der Waals surface area contributed by atoms with Crippen LogP contribution in [-0.2, 0) is 0 Å². The van der Waals surface area contributed by atoms with Crippen LogP contribution >= 0.6 is 0 Å². The topological polar surface area (TPSA) is 30.9 Å². The summed E-state index contributed by atoms with van der Waals surface area (Å²) in [6, 6.07) is 44.5. The minimum atomic E-state index is 0.00657. The van der Waals surface area contributed by atoms with E-state index < -0.39 is 0 Å². The number of ether oxygens (including phenoxy) is 3. The second-order valence-corrected chi connectivity index (χ2v) is 11.2. The van der Waals surface area contributed by atoms with E-state index in [2.05, 4.69) is 108 Å². The van der Waals surface area contributed by atoms with Gasteiger partial charge in [-0.1, -0.05) is 72.8 Å². The zero-order chi connectivity index (χ0) is 27.4. The van der Waals surface area contributed by atoms with E-state index in [0.717, 1.165) is 67.9 Å². The zero-order valence-corrected chi connectivity index (χ0v) is 22.5. The molecule has 0 saturated carbocycles. The SMILES string of the molecule is c1ccc(N2c3cc4c(cc3B3c5ccccc5Oc5cccc2c53)B2c3ccccc3Oc3cccc(c32)O4)cc1. The van der Waals surface area contributed by atoms with Gasteiger partial charge in [0.25, 0.3) is 13.4 Å². The maximum absolute atomic E-state index is 6.72. The first-order valence-corrected chi connectivity index (χ1v) is 14.3. The van der Waals surface area contributed by atoms with Gasteiger partial charge in [-0.15, -0.1) is 0 Å². The Balaban J connectivity index is 1.30. The van der Waals surface area contributed by atoms with Crippen LogP contribution in [-0.4, -0.2) is 13.4 Å². The second-order valence-electron chi connectivity index (χ2n) is 11.2. The van der Waals surface area contributed by atoms with E-state index in [1.165, 1.54) is 16.4 Å². The van der Waals surface area contributed by atoms with E-state index in [4.69, 9.17) is 14.2 Å². The van der Waals surface area contributed by atoms with Gasteiger partial charge in [-0.3, -0.25) is 0 Å². The largest absolute Gasteiger partial charge is 0.458 e. The van der Waals surface area contributed by atoms with Gasteiger partial charge in [0, 0.05) is 28.6 Å². The molecule has 0 aliphatic carbocycles. The van der Waals surface area contributed by atoms with Crippen LogP contribution in [0.1, 0.15) is 0 Å². The Kier molecular flexibility index (Phi) is 4.32. The quantitative estimate of drug-likeness (QED) is 0.281. The molecule has 42 heavy (non-hydrogen) atoms. The Morgan fingerprint density at radius 2 is 0.929 bits per heavy atom. The fourth-order valence-corrected chi connectivity index (χ4v) is 7.36. The lowest BCUT2D eigenvalue weighted by Gasteiger charge is -2.41. The lowest BCUT2D eigenvalue weighted by molar-refractivity contribution is 0.464. The number of para-hydroxylation sites is 3. The van der Waals surface area contributed by atoms with E-state index in [9.17, 15) is 0 Å². The van der Waals surface area contributed by atoms with Crippen molar-refractivity contribution in [2.75, 3.05) is 4.90 Å². The molecule has 10 rings (SSSR count). The molecule has 0 atom stereocenters. The monoisotopic (exact) mass is 537 g/mol. The van der Waals surface area contributed by atoms with Crippen molar-refractivity contribution in [2.24, 2.45) is 0 Å². The molecule has 6 aromatic rings. The summed E-state index contributed by atoms with van der Waals surface area (Å²) in [6.45, 7) is 0.0280. The van der Waals surface area contributed by atoms with Gasteiger partial charge in [-0.05, 0) is 75.8 Å². The first-order valence-electron chi connectivity index (χ1n) is 14.3. The third kappa shape index (κ3) is 2.88. The molecule has 0 radical (unpaired) electrons. The number of rotatable bonds is 1. The predicted molar refractivity (Wildman–Crippen MR) is 170 cm³/mol. The molecule has 4 heterocycles. The van der Waals surface area contributed by atoms with Crippen LogP contribution in [0.2, 0.25) is 0 Å². The number of hydrogen-bond donors (Lipinski definition) is 0. The number of nitrogens with zero attached hydrogens (tertiary/aromatic N) is 1. The molecule has 0 bridgehead atoms. The maximum atomic E-state index is 6.72. The van der Waals surface area contributed by atoms with Crippen LogP contribution in [0.5, 0.6) is 34.5 Å². The van der Waals surface area contributed by atoms with Crippen molar-refractivity contribution < 1.29 is 14.2 Å². The summed E-state index contributed by atoms with van der Waals surface area (Å²) < 4.78 is 19.6. The van der Waals surface area contributed by atoms with Gasteiger partial charge >= 0.3 is 0 Å². The molecule has 4 nitrogen and oxygen atoms in total. The third-order valence-electron chi connectivity index (χ3n) is 9.04. The Morgan fingerprint density at radius 1 is 0.381 bits per heavy atom. The fraction of sp³-hybridized carbons (Fsp3) is 0. The minimum Gasteiger partial charge on any atom is -0.458 e. The van der Waals surface area contributed by atoms with E-state index in [1.54, 1.807) is 0 Å². The summed E-state index contributed by atoms with van der Waals surface area (Å²) in [5.41, 5.74) is 10.4. The van der Waals surface area contributed by atoms with Crippen LogP contribution in [0.25, 0.3) is 0 Å². The number of hydrogen-bond acceptors (Lipinski definition) is 4. The third-order valence-corrected chi connectivity index (χ3v) is 9.04. The lowest BCUT2D eigenvalue weighted by atomic mass is 9.31. The maximum Gasteiger partial charge on any atom is 0.260 e. The highest BCUT2D eigenvalue weighted by Gasteiger charge is 2.45. The van der Waals surface area contributed by atoms with Gasteiger partial charge in [0.05, 0.1) is 0 Å². The van der Waals surface area contributed by atoms with Gasteiger partial charge in [-0.2, -0.15) is 0 Å². The van der Waals surface area contributed by atoms with E-state index in [-0.39, 0.29) is 13.4 Å². The van der Waals surface area contributed by atoms with Gasteiger partial charge in [0.2, 0.25) is 0 Å². The van der Waals surface area contributed by atoms with Crippen molar-refractivity contribution in [2.45, 2.75) is 0 Å². The van der Waals surface area contributed by atoms with E-state index in [0.29, 0.717) is 0 Å². The van der Waals surface area contributed by atoms with Crippen LogP contribution in [0.4, 0.5) is 17.1 Å². The van der Waals surface area contributed by atoms with Crippen LogP contribution in [0, 0.1) is 0 Å². The molecule has 194 valence electrons. The molecule has 0 spiro atoms. The van der Waals surface area contributed by atoms with Crippen molar-refractivity contribution in [1.82, 2.24) is 0 Å². The minimum absolute atomic E-state index is 0.00657. The fourth-order valence-electron chi connectivity index (χ4n) is 7.36. The highest BCUT2D eigenvalue weighted by molar-refractivity contribution is 7.01. The molecule has 0 aromatic heterocycles. The molecular formula is C36H21B2NO3. The average Bonchev–Trinajstić information content (AvgIpc) is 3.04. The molecule has 0 amide bonds. The highest BCUT2D eigenvalue weighted by Crippen LogP contribution is 2.42. The summed E-state index contributed by atoms with van der Waals surface area (Å²) in [6.07, 6.45) is 0. The standard InChI is InChI=1S/C36H21B2NO3/c1-2-10-22(11-3-1)39-27-14-8-17-31-35(27)37(23-12-4-6-15-29(23)40-31)25-20-26-34(21-28(25)39)42-33-19-9-18-32-36(33)38(26)24-13-5-7-16-30(24)41-32/h1-21H. The number of benzene rings is 6. The first-order chi connectivity index (χ1) is 20.8. The summed E-state index contributed by atoms with van der Waals surface area (Å²) >= 11 is 0. The molecular weight excluding hydrogens is 516 g/mol. The smallest absolute Gasteiger partial charge is 0.260 e. The average molecular weight is 537 g/mol. The van der Waals surface area contributed by atoms with E-state index in [1.807, 2.05) is 24.3 Å². The van der Waals surface area contributed by atoms with Crippen molar-refractivity contribution in [3.63, 3.8) is 0 Å². The number of fused-ring (bicyclic) bond motifs is 8. The molecule has 4 aliphatic rings. The Hall–Kier alpha value is -5.35. The van der Waals surface area contributed by atoms with Crippen molar-refractivity contribution in [3.8, 4) is 34.5 Å². The summed E-state index contributed by atoms with van der Waals surface area (Å²) in [7, 11) is 0. The van der Waals surface area contributed by atoms with Crippen molar-refractivity contribution in [1.29, 1.82) is 0 Å².